The molecule has 0 bridgehead atoms. The van der Waals surface area contributed by atoms with Crippen molar-refractivity contribution in [2.45, 2.75) is 6.54 Å². The molecule has 0 aromatic heterocycles. The minimum Gasteiger partial charge on any atom is -0.329 e. The summed E-state index contributed by atoms with van der Waals surface area (Å²) in [6.45, 7) is 0.155. The van der Waals surface area contributed by atoms with E-state index in [4.69, 9.17) is 11.6 Å². The highest BCUT2D eigenvalue weighted by atomic mass is 79.9. The maximum absolute atomic E-state index is 12.4. The predicted octanol–water partition coefficient (Wildman–Crippen LogP) is 3.41. The van der Waals surface area contributed by atoms with Crippen LogP contribution in [0.3, 0.4) is 0 Å². The van der Waals surface area contributed by atoms with Crippen molar-refractivity contribution in [2.24, 2.45) is 0 Å². The summed E-state index contributed by atoms with van der Waals surface area (Å²) in [5.41, 5.74) is 1.62. The number of amides is 4. The molecule has 1 saturated heterocycles. The summed E-state index contributed by atoms with van der Waals surface area (Å²) in [7, 11) is 0. The van der Waals surface area contributed by atoms with Crippen LogP contribution < -0.4 is 10.6 Å². The quantitative estimate of drug-likeness (QED) is 0.741. The van der Waals surface area contributed by atoms with Gasteiger partial charge in [0, 0.05) is 10.2 Å². The number of halogens is 2. The van der Waals surface area contributed by atoms with E-state index in [1.807, 2.05) is 0 Å². The minimum absolute atomic E-state index is 0.0106. The van der Waals surface area contributed by atoms with Gasteiger partial charge in [-0.2, -0.15) is 0 Å². The molecule has 2 aromatic carbocycles. The Labute approximate surface area is 157 Å². The average Bonchev–Trinajstić information content (AvgIpc) is 2.89. The van der Waals surface area contributed by atoms with E-state index in [1.54, 1.807) is 42.5 Å². The number of hydrogen-bond acceptors (Lipinski definition) is 3. The number of nitrogens with zero attached hydrogens (tertiary/aromatic N) is 1. The SMILES string of the molecule is O=C(Nc1cccc(CN2C(=O)CNC2=O)c1)c1cc(Br)ccc1Cl. The molecule has 1 aliphatic rings. The van der Waals surface area contributed by atoms with Crippen molar-refractivity contribution in [3.63, 3.8) is 0 Å². The van der Waals surface area contributed by atoms with Gasteiger partial charge in [-0.25, -0.2) is 4.79 Å². The maximum atomic E-state index is 12.4. The number of benzene rings is 2. The average molecular weight is 423 g/mol. The lowest BCUT2D eigenvalue weighted by Gasteiger charge is -2.13. The van der Waals surface area contributed by atoms with E-state index in [0.29, 0.717) is 16.3 Å². The minimum atomic E-state index is -0.416. The Morgan fingerprint density at radius 3 is 2.76 bits per heavy atom. The molecular formula is C17H13BrClN3O3. The van der Waals surface area contributed by atoms with Crippen LogP contribution >= 0.6 is 27.5 Å². The van der Waals surface area contributed by atoms with Gasteiger partial charge in [-0.1, -0.05) is 39.7 Å². The lowest BCUT2D eigenvalue weighted by atomic mass is 10.1. The standard InChI is InChI=1S/C17H13BrClN3O3/c18-11-4-5-14(19)13(7-11)16(24)21-12-3-1-2-10(6-12)9-22-15(23)8-20-17(22)25/h1-7H,8-9H2,(H,20,25)(H,21,24). The fourth-order valence-electron chi connectivity index (χ4n) is 2.42. The molecule has 0 aliphatic carbocycles. The second-order valence-corrected chi connectivity index (χ2v) is 6.74. The summed E-state index contributed by atoms with van der Waals surface area (Å²) in [4.78, 5) is 36.8. The predicted molar refractivity (Wildman–Crippen MR) is 97.5 cm³/mol. The number of nitrogens with one attached hydrogen (secondary N) is 2. The van der Waals surface area contributed by atoms with Crippen molar-refractivity contribution in [1.82, 2.24) is 10.2 Å². The summed E-state index contributed by atoms with van der Waals surface area (Å²) >= 11 is 9.37. The molecular weight excluding hydrogens is 410 g/mol. The van der Waals surface area contributed by atoms with Crippen molar-refractivity contribution in [1.29, 1.82) is 0 Å². The van der Waals surface area contributed by atoms with Crippen molar-refractivity contribution in [2.75, 3.05) is 11.9 Å². The van der Waals surface area contributed by atoms with Crippen molar-refractivity contribution in [3.8, 4) is 0 Å². The third kappa shape index (κ3) is 4.00. The Morgan fingerprint density at radius 2 is 2.04 bits per heavy atom. The highest BCUT2D eigenvalue weighted by molar-refractivity contribution is 9.10. The first-order chi connectivity index (χ1) is 11.9. The van der Waals surface area contributed by atoms with Crippen LogP contribution in [0.2, 0.25) is 5.02 Å². The van der Waals surface area contributed by atoms with Gasteiger partial charge in [0.25, 0.3) is 5.91 Å². The van der Waals surface area contributed by atoms with Crippen LogP contribution in [0.15, 0.2) is 46.9 Å². The van der Waals surface area contributed by atoms with Crippen LogP contribution in [-0.2, 0) is 11.3 Å². The Balaban J connectivity index is 1.75. The Hall–Kier alpha value is -2.38. The lowest BCUT2D eigenvalue weighted by Crippen LogP contribution is -2.30. The molecule has 128 valence electrons. The van der Waals surface area contributed by atoms with E-state index < -0.39 is 6.03 Å². The smallest absolute Gasteiger partial charge is 0.324 e. The molecule has 0 radical (unpaired) electrons. The summed E-state index contributed by atoms with van der Waals surface area (Å²) in [5.74, 6) is -0.626. The number of imide groups is 1. The molecule has 3 rings (SSSR count). The van der Waals surface area contributed by atoms with E-state index in [9.17, 15) is 14.4 Å². The number of hydrogen-bond donors (Lipinski definition) is 2. The van der Waals surface area contributed by atoms with E-state index in [1.165, 1.54) is 0 Å². The van der Waals surface area contributed by atoms with Crippen LogP contribution in [0.1, 0.15) is 15.9 Å². The molecule has 1 fully saturated rings. The van der Waals surface area contributed by atoms with E-state index in [2.05, 4.69) is 26.6 Å². The summed E-state index contributed by atoms with van der Waals surface area (Å²) in [6.07, 6.45) is 0. The van der Waals surface area contributed by atoms with Gasteiger partial charge in [-0.3, -0.25) is 14.5 Å². The Kier molecular flexibility index (Phi) is 5.06. The van der Waals surface area contributed by atoms with Gasteiger partial charge >= 0.3 is 6.03 Å². The van der Waals surface area contributed by atoms with Gasteiger partial charge in [-0.05, 0) is 35.9 Å². The molecule has 0 unspecified atom stereocenters. The van der Waals surface area contributed by atoms with Crippen LogP contribution in [0.25, 0.3) is 0 Å². The van der Waals surface area contributed by atoms with Gasteiger partial charge in [0.15, 0.2) is 0 Å². The summed E-state index contributed by atoms with van der Waals surface area (Å²) in [6, 6.07) is 11.6. The monoisotopic (exact) mass is 421 g/mol. The van der Waals surface area contributed by atoms with Crippen LogP contribution in [0.5, 0.6) is 0 Å². The van der Waals surface area contributed by atoms with Crippen LogP contribution in [0.4, 0.5) is 10.5 Å². The highest BCUT2D eigenvalue weighted by Gasteiger charge is 2.28. The highest BCUT2D eigenvalue weighted by Crippen LogP contribution is 2.22. The van der Waals surface area contributed by atoms with Gasteiger partial charge in [0.1, 0.15) is 0 Å². The number of urea groups is 1. The summed E-state index contributed by atoms with van der Waals surface area (Å²) < 4.78 is 0.745. The number of carbonyl (C=O) groups is 3. The zero-order valence-electron chi connectivity index (χ0n) is 12.9. The van der Waals surface area contributed by atoms with Gasteiger partial charge in [-0.15, -0.1) is 0 Å². The lowest BCUT2D eigenvalue weighted by molar-refractivity contribution is -0.125. The van der Waals surface area contributed by atoms with Gasteiger partial charge in [0.2, 0.25) is 5.91 Å². The maximum Gasteiger partial charge on any atom is 0.324 e. The third-order valence-corrected chi connectivity index (χ3v) is 4.46. The van der Waals surface area contributed by atoms with Crippen LogP contribution in [0, 0.1) is 0 Å². The Bertz CT molecular complexity index is 856. The molecule has 0 atom stereocenters. The topological polar surface area (TPSA) is 78.5 Å². The van der Waals surface area contributed by atoms with Crippen LogP contribution in [-0.4, -0.2) is 29.3 Å². The normalized spacial score (nSPS) is 13.8. The fourth-order valence-corrected chi connectivity index (χ4v) is 2.98. The molecule has 0 saturated carbocycles. The first kappa shape index (κ1) is 17.4. The molecule has 25 heavy (non-hydrogen) atoms. The molecule has 2 aromatic rings. The van der Waals surface area contributed by atoms with Gasteiger partial charge < -0.3 is 10.6 Å². The second kappa shape index (κ2) is 7.25. The van der Waals surface area contributed by atoms with Crippen molar-refractivity contribution >= 4 is 51.1 Å². The molecule has 1 aliphatic heterocycles. The number of rotatable bonds is 4. The molecule has 2 N–H and O–H groups in total. The number of anilines is 1. The molecule has 8 heteroatoms. The molecule has 1 heterocycles. The van der Waals surface area contributed by atoms with E-state index >= 15 is 0 Å². The van der Waals surface area contributed by atoms with Gasteiger partial charge in [0.05, 0.1) is 23.7 Å². The molecule has 0 spiro atoms. The first-order valence-corrected chi connectivity index (χ1v) is 8.54. The van der Waals surface area contributed by atoms with E-state index in [0.717, 1.165) is 14.9 Å². The second-order valence-electron chi connectivity index (χ2n) is 5.42. The Morgan fingerprint density at radius 1 is 1.24 bits per heavy atom. The van der Waals surface area contributed by atoms with Crippen molar-refractivity contribution in [3.05, 3.63) is 63.1 Å². The third-order valence-electron chi connectivity index (χ3n) is 3.64. The molecule has 6 nitrogen and oxygen atoms in total. The summed E-state index contributed by atoms with van der Waals surface area (Å²) in [5, 5.41) is 5.58. The van der Waals surface area contributed by atoms with E-state index in [-0.39, 0.29) is 24.9 Å². The number of carbonyl (C=O) groups excluding carboxylic acids is 3. The molecule has 4 amide bonds. The zero-order chi connectivity index (χ0) is 18.0. The largest absolute Gasteiger partial charge is 0.329 e. The first-order valence-electron chi connectivity index (χ1n) is 7.37. The zero-order valence-corrected chi connectivity index (χ0v) is 15.2. The fraction of sp³-hybridized carbons (Fsp3) is 0.118. The van der Waals surface area contributed by atoms with Crippen molar-refractivity contribution < 1.29 is 14.4 Å².